The first-order valence-electron chi connectivity index (χ1n) is 5.33. The number of nitrogens with zero attached hydrogens (tertiary/aromatic N) is 2. The minimum absolute atomic E-state index is 0.0593. The first-order valence-corrected chi connectivity index (χ1v) is 5.33. The molecule has 0 fully saturated rings. The summed E-state index contributed by atoms with van der Waals surface area (Å²) in [6, 6.07) is 3.57. The van der Waals surface area contributed by atoms with Gasteiger partial charge >= 0.3 is 0 Å². The van der Waals surface area contributed by atoms with Crippen LogP contribution in [0.5, 0.6) is 0 Å². The molecule has 0 unspecified atom stereocenters. The van der Waals surface area contributed by atoms with Crippen molar-refractivity contribution in [2.75, 3.05) is 33.4 Å². The van der Waals surface area contributed by atoms with Gasteiger partial charge in [-0.05, 0) is 18.2 Å². The molecule has 1 aromatic carbocycles. The Morgan fingerprint density at radius 2 is 1.89 bits per heavy atom. The minimum atomic E-state index is -0.542. The fraction of sp³-hybridized carbons (Fsp3) is 0.333. The number of amides is 2. The Kier molecular flexibility index (Phi) is 4.25. The number of likely N-dealkylation sites (N-methyl/N-ethyl adjacent to an activating group) is 2. The molecule has 0 aliphatic rings. The second-order valence-corrected chi connectivity index (χ2v) is 4.18. The van der Waals surface area contributed by atoms with E-state index >= 15 is 0 Å². The summed E-state index contributed by atoms with van der Waals surface area (Å²) in [5.74, 6) is -1.25. The van der Waals surface area contributed by atoms with Gasteiger partial charge in [0.2, 0.25) is 5.91 Å². The summed E-state index contributed by atoms with van der Waals surface area (Å²) in [4.78, 5) is 26.0. The molecule has 98 valence electrons. The van der Waals surface area contributed by atoms with Crippen molar-refractivity contribution in [3.05, 3.63) is 29.6 Å². The van der Waals surface area contributed by atoms with Crippen LogP contribution in [-0.2, 0) is 4.79 Å². The molecule has 0 saturated heterocycles. The molecule has 0 spiro atoms. The van der Waals surface area contributed by atoms with Gasteiger partial charge < -0.3 is 15.5 Å². The monoisotopic (exact) mass is 253 g/mol. The van der Waals surface area contributed by atoms with Gasteiger partial charge in [-0.1, -0.05) is 0 Å². The van der Waals surface area contributed by atoms with E-state index in [1.54, 1.807) is 14.1 Å². The zero-order chi connectivity index (χ0) is 13.9. The summed E-state index contributed by atoms with van der Waals surface area (Å²) in [7, 11) is 4.66. The van der Waals surface area contributed by atoms with Crippen LogP contribution in [-0.4, -0.2) is 49.3 Å². The number of carbonyl (C=O) groups is 2. The van der Waals surface area contributed by atoms with Gasteiger partial charge in [0.25, 0.3) is 5.91 Å². The highest BCUT2D eigenvalue weighted by atomic mass is 19.1. The van der Waals surface area contributed by atoms with Gasteiger partial charge in [-0.15, -0.1) is 0 Å². The molecule has 2 amide bonds. The third-order valence-electron chi connectivity index (χ3n) is 2.46. The molecule has 0 saturated carbocycles. The average molecular weight is 253 g/mol. The van der Waals surface area contributed by atoms with Crippen molar-refractivity contribution < 1.29 is 14.0 Å². The number of benzene rings is 1. The maximum absolute atomic E-state index is 13.1. The smallest absolute Gasteiger partial charge is 0.256 e. The predicted octanol–water partition coefficient (Wildman–Crippen LogP) is 0.568. The van der Waals surface area contributed by atoms with Crippen LogP contribution in [0, 0.1) is 5.82 Å². The van der Waals surface area contributed by atoms with Gasteiger partial charge in [-0.25, -0.2) is 4.39 Å². The summed E-state index contributed by atoms with van der Waals surface area (Å²) in [6.45, 7) is -0.0816. The fourth-order valence-electron chi connectivity index (χ4n) is 1.34. The van der Waals surface area contributed by atoms with Crippen LogP contribution in [0.3, 0.4) is 0 Å². The van der Waals surface area contributed by atoms with Gasteiger partial charge in [-0.2, -0.15) is 0 Å². The molecule has 18 heavy (non-hydrogen) atoms. The largest absolute Gasteiger partial charge is 0.398 e. The van der Waals surface area contributed by atoms with Crippen molar-refractivity contribution in [1.29, 1.82) is 0 Å². The molecule has 0 aliphatic carbocycles. The van der Waals surface area contributed by atoms with Crippen molar-refractivity contribution in [2.24, 2.45) is 0 Å². The van der Waals surface area contributed by atoms with Crippen LogP contribution in [0.2, 0.25) is 0 Å². The standard InChI is InChI=1S/C12H16FN3O2/c1-15(2)11(17)7-16(3)12(18)9-6-8(13)4-5-10(9)14/h4-6H,7,14H2,1-3H3. The number of halogens is 1. The molecular formula is C12H16FN3O2. The van der Waals surface area contributed by atoms with E-state index in [4.69, 9.17) is 5.73 Å². The lowest BCUT2D eigenvalue weighted by molar-refractivity contribution is -0.129. The number of anilines is 1. The van der Waals surface area contributed by atoms with Gasteiger partial charge in [0, 0.05) is 26.8 Å². The number of nitrogens with two attached hydrogens (primary N) is 1. The second kappa shape index (κ2) is 5.48. The zero-order valence-corrected chi connectivity index (χ0v) is 10.6. The third kappa shape index (κ3) is 3.19. The lowest BCUT2D eigenvalue weighted by atomic mass is 10.1. The van der Waals surface area contributed by atoms with E-state index in [1.165, 1.54) is 29.0 Å². The summed E-state index contributed by atoms with van der Waals surface area (Å²) in [5, 5.41) is 0. The van der Waals surface area contributed by atoms with Crippen molar-refractivity contribution in [1.82, 2.24) is 9.80 Å². The highest BCUT2D eigenvalue weighted by Gasteiger charge is 2.18. The molecule has 2 N–H and O–H groups in total. The first-order chi connectivity index (χ1) is 8.32. The van der Waals surface area contributed by atoms with Crippen molar-refractivity contribution >= 4 is 17.5 Å². The molecule has 0 atom stereocenters. The van der Waals surface area contributed by atoms with Crippen LogP contribution in [0.25, 0.3) is 0 Å². The van der Waals surface area contributed by atoms with Crippen molar-refractivity contribution in [3.8, 4) is 0 Å². The quantitative estimate of drug-likeness (QED) is 0.801. The fourth-order valence-corrected chi connectivity index (χ4v) is 1.34. The Morgan fingerprint density at radius 1 is 1.28 bits per heavy atom. The Bertz CT molecular complexity index is 474. The molecule has 1 aromatic rings. The van der Waals surface area contributed by atoms with Crippen LogP contribution < -0.4 is 5.73 Å². The van der Waals surface area contributed by atoms with Crippen LogP contribution in [0.15, 0.2) is 18.2 Å². The van der Waals surface area contributed by atoms with Crippen LogP contribution >= 0.6 is 0 Å². The number of nitrogen functional groups attached to an aromatic ring is 1. The van der Waals surface area contributed by atoms with Crippen molar-refractivity contribution in [2.45, 2.75) is 0 Å². The summed E-state index contributed by atoms with van der Waals surface area (Å²) >= 11 is 0. The normalized spacial score (nSPS) is 10.0. The number of rotatable bonds is 3. The highest BCUT2D eigenvalue weighted by molar-refractivity contribution is 6.00. The zero-order valence-electron chi connectivity index (χ0n) is 10.6. The molecule has 5 nitrogen and oxygen atoms in total. The molecule has 0 radical (unpaired) electrons. The summed E-state index contributed by atoms with van der Waals surface area (Å²) in [6.07, 6.45) is 0. The Morgan fingerprint density at radius 3 is 2.44 bits per heavy atom. The molecule has 1 rings (SSSR count). The predicted molar refractivity (Wildman–Crippen MR) is 66.5 cm³/mol. The lowest BCUT2D eigenvalue weighted by Crippen LogP contribution is -2.38. The topological polar surface area (TPSA) is 66.6 Å². The molecular weight excluding hydrogens is 237 g/mol. The Labute approximate surface area is 105 Å². The summed E-state index contributed by atoms with van der Waals surface area (Å²) < 4.78 is 13.1. The average Bonchev–Trinajstić information content (AvgIpc) is 2.31. The molecule has 6 heteroatoms. The Hall–Kier alpha value is -2.11. The maximum Gasteiger partial charge on any atom is 0.256 e. The summed E-state index contributed by atoms with van der Waals surface area (Å²) in [5.41, 5.74) is 5.85. The minimum Gasteiger partial charge on any atom is -0.398 e. The number of carbonyl (C=O) groups excluding carboxylic acids is 2. The number of hydrogen-bond donors (Lipinski definition) is 1. The third-order valence-corrected chi connectivity index (χ3v) is 2.46. The first kappa shape index (κ1) is 14.0. The molecule has 0 bridgehead atoms. The van der Waals surface area contributed by atoms with Crippen LogP contribution in [0.1, 0.15) is 10.4 Å². The van der Waals surface area contributed by atoms with Gasteiger partial charge in [-0.3, -0.25) is 9.59 Å². The van der Waals surface area contributed by atoms with E-state index in [2.05, 4.69) is 0 Å². The van der Waals surface area contributed by atoms with Gasteiger partial charge in [0.05, 0.1) is 12.1 Å². The van der Waals surface area contributed by atoms with Gasteiger partial charge in [0.15, 0.2) is 0 Å². The lowest BCUT2D eigenvalue weighted by Gasteiger charge is -2.20. The second-order valence-electron chi connectivity index (χ2n) is 4.18. The molecule has 0 heterocycles. The Balaban J connectivity index is 2.87. The van der Waals surface area contributed by atoms with E-state index in [1.807, 2.05) is 0 Å². The van der Waals surface area contributed by atoms with Gasteiger partial charge in [0.1, 0.15) is 5.82 Å². The van der Waals surface area contributed by atoms with E-state index < -0.39 is 11.7 Å². The van der Waals surface area contributed by atoms with E-state index in [0.29, 0.717) is 0 Å². The maximum atomic E-state index is 13.1. The van der Waals surface area contributed by atoms with E-state index in [-0.39, 0.29) is 23.7 Å². The molecule has 0 aromatic heterocycles. The van der Waals surface area contributed by atoms with E-state index in [0.717, 1.165) is 6.07 Å². The molecule has 0 aliphatic heterocycles. The van der Waals surface area contributed by atoms with Crippen LogP contribution in [0.4, 0.5) is 10.1 Å². The SMILES string of the molecule is CN(C)C(=O)CN(C)C(=O)c1cc(F)ccc1N. The van der Waals surface area contributed by atoms with E-state index in [9.17, 15) is 14.0 Å². The highest BCUT2D eigenvalue weighted by Crippen LogP contribution is 2.15. The number of hydrogen-bond acceptors (Lipinski definition) is 3. The van der Waals surface area contributed by atoms with Crippen molar-refractivity contribution in [3.63, 3.8) is 0 Å².